The van der Waals surface area contributed by atoms with E-state index >= 15 is 0 Å². The molecule has 2 heterocycles. The molecular formula is C16H21N3O4. The number of rotatable bonds is 5. The average molecular weight is 319 g/mol. The Labute approximate surface area is 134 Å². The van der Waals surface area contributed by atoms with Crippen molar-refractivity contribution in [1.82, 2.24) is 5.32 Å². The molecule has 1 aromatic rings. The Morgan fingerprint density at radius 3 is 2.87 bits per heavy atom. The summed E-state index contributed by atoms with van der Waals surface area (Å²) in [4.78, 5) is 26.1. The molecule has 3 rings (SSSR count). The van der Waals surface area contributed by atoms with Gasteiger partial charge in [0.2, 0.25) is 18.6 Å². The molecule has 0 radical (unpaired) electrons. The van der Waals surface area contributed by atoms with Crippen LogP contribution in [0.1, 0.15) is 26.7 Å². The molecule has 7 nitrogen and oxygen atoms in total. The van der Waals surface area contributed by atoms with E-state index in [0.717, 1.165) is 18.5 Å². The smallest absolute Gasteiger partial charge is 0.249 e. The van der Waals surface area contributed by atoms with Gasteiger partial charge in [0, 0.05) is 18.7 Å². The highest BCUT2D eigenvalue weighted by molar-refractivity contribution is 6.08. The SMILES string of the molecule is CCCCNC(=O)CN1C(=O)C(C)Nc2cc3c(cc21)OCO3. The minimum atomic E-state index is -0.397. The van der Waals surface area contributed by atoms with Crippen LogP contribution in [0.3, 0.4) is 0 Å². The van der Waals surface area contributed by atoms with Crippen molar-refractivity contribution in [3.63, 3.8) is 0 Å². The lowest BCUT2D eigenvalue weighted by atomic mass is 10.1. The predicted octanol–water partition coefficient (Wildman–Crippen LogP) is 1.48. The maximum absolute atomic E-state index is 12.5. The average Bonchev–Trinajstić information content (AvgIpc) is 2.97. The summed E-state index contributed by atoms with van der Waals surface area (Å²) in [5.41, 5.74) is 1.41. The number of nitrogens with one attached hydrogen (secondary N) is 2. The van der Waals surface area contributed by atoms with E-state index < -0.39 is 6.04 Å². The van der Waals surface area contributed by atoms with E-state index in [2.05, 4.69) is 17.6 Å². The summed E-state index contributed by atoms with van der Waals surface area (Å²) in [5, 5.41) is 5.98. The van der Waals surface area contributed by atoms with Gasteiger partial charge < -0.3 is 20.1 Å². The molecule has 0 saturated heterocycles. The molecular weight excluding hydrogens is 298 g/mol. The number of nitrogens with zero attached hydrogens (tertiary/aromatic N) is 1. The molecule has 2 amide bonds. The fourth-order valence-electron chi connectivity index (χ4n) is 2.68. The molecule has 2 aliphatic rings. The van der Waals surface area contributed by atoms with Crippen LogP contribution in [0.5, 0.6) is 11.5 Å². The Hall–Kier alpha value is -2.44. The zero-order valence-corrected chi connectivity index (χ0v) is 13.3. The van der Waals surface area contributed by atoms with Gasteiger partial charge in [-0.2, -0.15) is 0 Å². The van der Waals surface area contributed by atoms with Gasteiger partial charge in [-0.15, -0.1) is 0 Å². The van der Waals surface area contributed by atoms with Gasteiger partial charge in [0.15, 0.2) is 11.5 Å². The van der Waals surface area contributed by atoms with Crippen molar-refractivity contribution in [2.45, 2.75) is 32.7 Å². The van der Waals surface area contributed by atoms with Crippen LogP contribution in [0, 0.1) is 0 Å². The van der Waals surface area contributed by atoms with Crippen LogP contribution in [-0.4, -0.2) is 37.7 Å². The normalized spacial score (nSPS) is 18.4. The van der Waals surface area contributed by atoms with Gasteiger partial charge in [-0.25, -0.2) is 0 Å². The van der Waals surface area contributed by atoms with Crippen LogP contribution in [-0.2, 0) is 9.59 Å². The third-order valence-corrected chi connectivity index (χ3v) is 3.94. The van der Waals surface area contributed by atoms with Crippen molar-refractivity contribution in [1.29, 1.82) is 0 Å². The summed E-state index contributed by atoms with van der Waals surface area (Å²) in [6.45, 7) is 4.63. The van der Waals surface area contributed by atoms with E-state index in [1.54, 1.807) is 13.0 Å². The number of benzene rings is 1. The zero-order valence-electron chi connectivity index (χ0n) is 13.3. The summed E-state index contributed by atoms with van der Waals surface area (Å²) in [7, 11) is 0. The van der Waals surface area contributed by atoms with E-state index in [-0.39, 0.29) is 25.2 Å². The summed E-state index contributed by atoms with van der Waals surface area (Å²) < 4.78 is 10.7. The van der Waals surface area contributed by atoms with Gasteiger partial charge in [-0.1, -0.05) is 13.3 Å². The number of anilines is 2. The van der Waals surface area contributed by atoms with Crippen LogP contribution < -0.4 is 25.0 Å². The first kappa shape index (κ1) is 15.5. The standard InChI is InChI=1S/C16H21N3O4/c1-3-4-5-17-15(20)8-19-12-7-14-13(22-9-23-14)6-11(12)18-10(2)16(19)21/h6-7,10,18H,3-5,8-9H2,1-2H3,(H,17,20). The molecule has 0 saturated carbocycles. The van der Waals surface area contributed by atoms with Crippen LogP contribution in [0.2, 0.25) is 0 Å². The van der Waals surface area contributed by atoms with Crippen molar-refractivity contribution in [2.24, 2.45) is 0 Å². The molecule has 2 aliphatic heterocycles. The summed E-state index contributed by atoms with van der Waals surface area (Å²) in [6.07, 6.45) is 1.93. The molecule has 1 aromatic carbocycles. The fourth-order valence-corrected chi connectivity index (χ4v) is 2.68. The molecule has 0 fully saturated rings. The van der Waals surface area contributed by atoms with E-state index in [1.807, 2.05) is 6.07 Å². The molecule has 1 atom stereocenters. The van der Waals surface area contributed by atoms with Gasteiger partial charge in [-0.3, -0.25) is 14.5 Å². The minimum absolute atomic E-state index is 0.00120. The third kappa shape index (κ3) is 3.04. The van der Waals surface area contributed by atoms with E-state index in [0.29, 0.717) is 23.7 Å². The number of carbonyl (C=O) groups is 2. The Bertz CT molecular complexity index is 632. The highest BCUT2D eigenvalue weighted by atomic mass is 16.7. The van der Waals surface area contributed by atoms with Crippen LogP contribution in [0.4, 0.5) is 11.4 Å². The van der Waals surface area contributed by atoms with Crippen molar-refractivity contribution in [3.8, 4) is 11.5 Å². The number of fused-ring (bicyclic) bond motifs is 2. The predicted molar refractivity (Wildman–Crippen MR) is 85.9 cm³/mol. The Balaban J connectivity index is 1.82. The molecule has 124 valence electrons. The third-order valence-electron chi connectivity index (χ3n) is 3.94. The summed E-state index contributed by atoms with van der Waals surface area (Å²) in [5.74, 6) is 0.931. The van der Waals surface area contributed by atoms with Gasteiger partial charge in [0.25, 0.3) is 0 Å². The van der Waals surface area contributed by atoms with Crippen molar-refractivity contribution in [3.05, 3.63) is 12.1 Å². The van der Waals surface area contributed by atoms with E-state index in [4.69, 9.17) is 9.47 Å². The Kier molecular flexibility index (Phi) is 4.27. The first-order valence-corrected chi connectivity index (χ1v) is 7.88. The van der Waals surface area contributed by atoms with Crippen molar-refractivity contribution < 1.29 is 19.1 Å². The summed E-state index contributed by atoms with van der Waals surface area (Å²) >= 11 is 0. The van der Waals surface area contributed by atoms with Gasteiger partial charge in [0.1, 0.15) is 12.6 Å². The lowest BCUT2D eigenvalue weighted by Crippen LogP contribution is -2.49. The van der Waals surface area contributed by atoms with Crippen LogP contribution in [0.15, 0.2) is 12.1 Å². The second-order valence-corrected chi connectivity index (χ2v) is 5.72. The number of hydrogen-bond donors (Lipinski definition) is 2. The molecule has 2 N–H and O–H groups in total. The molecule has 0 spiro atoms. The van der Waals surface area contributed by atoms with Gasteiger partial charge in [0.05, 0.1) is 11.4 Å². The number of hydrogen-bond acceptors (Lipinski definition) is 5. The first-order valence-electron chi connectivity index (χ1n) is 7.88. The number of carbonyl (C=O) groups excluding carboxylic acids is 2. The molecule has 7 heteroatoms. The second-order valence-electron chi connectivity index (χ2n) is 5.72. The fraction of sp³-hybridized carbons (Fsp3) is 0.500. The largest absolute Gasteiger partial charge is 0.454 e. The highest BCUT2D eigenvalue weighted by Gasteiger charge is 2.33. The molecule has 0 bridgehead atoms. The molecule has 23 heavy (non-hydrogen) atoms. The Morgan fingerprint density at radius 2 is 2.13 bits per heavy atom. The van der Waals surface area contributed by atoms with E-state index in [1.165, 1.54) is 4.90 Å². The molecule has 0 aliphatic carbocycles. The topological polar surface area (TPSA) is 79.9 Å². The quantitative estimate of drug-likeness (QED) is 0.804. The zero-order chi connectivity index (χ0) is 16.4. The number of unbranched alkanes of at least 4 members (excludes halogenated alkanes) is 1. The highest BCUT2D eigenvalue weighted by Crippen LogP contribution is 2.43. The van der Waals surface area contributed by atoms with Crippen LogP contribution >= 0.6 is 0 Å². The summed E-state index contributed by atoms with van der Waals surface area (Å²) in [6, 6.07) is 3.16. The van der Waals surface area contributed by atoms with E-state index in [9.17, 15) is 9.59 Å². The minimum Gasteiger partial charge on any atom is -0.454 e. The monoisotopic (exact) mass is 319 g/mol. The first-order chi connectivity index (χ1) is 11.1. The van der Waals surface area contributed by atoms with Gasteiger partial charge >= 0.3 is 0 Å². The second kappa shape index (κ2) is 6.36. The van der Waals surface area contributed by atoms with Crippen molar-refractivity contribution in [2.75, 3.05) is 30.1 Å². The lowest BCUT2D eigenvalue weighted by Gasteiger charge is -2.33. The number of ether oxygens (including phenoxy) is 2. The maximum atomic E-state index is 12.5. The molecule has 1 unspecified atom stereocenters. The van der Waals surface area contributed by atoms with Crippen molar-refractivity contribution >= 4 is 23.2 Å². The van der Waals surface area contributed by atoms with Gasteiger partial charge in [-0.05, 0) is 13.3 Å². The number of amides is 2. The molecule has 0 aromatic heterocycles. The lowest BCUT2D eigenvalue weighted by molar-refractivity contribution is -0.124. The Morgan fingerprint density at radius 1 is 1.39 bits per heavy atom. The van der Waals surface area contributed by atoms with Crippen LogP contribution in [0.25, 0.3) is 0 Å². The maximum Gasteiger partial charge on any atom is 0.249 e.